The Morgan fingerprint density at radius 3 is 2.94 bits per heavy atom. The van der Waals surface area contributed by atoms with E-state index in [9.17, 15) is 4.79 Å². The van der Waals surface area contributed by atoms with Crippen LogP contribution in [0.1, 0.15) is 43.0 Å². The molecule has 1 aromatic heterocycles. The Morgan fingerprint density at radius 2 is 2.24 bits per heavy atom. The van der Waals surface area contributed by atoms with Gasteiger partial charge in [-0.15, -0.1) is 0 Å². The third-order valence-corrected chi connectivity index (χ3v) is 2.53. The third-order valence-electron chi connectivity index (χ3n) is 2.53. The average molecular weight is 237 g/mol. The molecule has 0 aliphatic rings. The summed E-state index contributed by atoms with van der Waals surface area (Å²) in [6.07, 6.45) is 8.35. The Morgan fingerprint density at radius 1 is 1.41 bits per heavy atom. The van der Waals surface area contributed by atoms with Crippen LogP contribution >= 0.6 is 0 Å². The molecule has 1 heterocycles. The van der Waals surface area contributed by atoms with Gasteiger partial charge in [-0.2, -0.15) is 4.57 Å². The molecular weight excluding hydrogens is 216 g/mol. The van der Waals surface area contributed by atoms with Crippen molar-refractivity contribution >= 4 is 5.91 Å². The van der Waals surface area contributed by atoms with Crippen LogP contribution in [-0.2, 0) is 11.5 Å². The van der Waals surface area contributed by atoms with Gasteiger partial charge in [0.05, 0.1) is 6.61 Å². The summed E-state index contributed by atoms with van der Waals surface area (Å²) in [5.41, 5.74) is 5.70. The van der Waals surface area contributed by atoms with Crippen molar-refractivity contribution in [2.45, 2.75) is 39.3 Å². The number of nitrogens with zero attached hydrogens (tertiary/aromatic N) is 1. The first-order valence-corrected chi connectivity index (χ1v) is 6.10. The number of carbonyl (C=O) groups is 1. The van der Waals surface area contributed by atoms with Crippen LogP contribution in [0.15, 0.2) is 24.5 Å². The lowest BCUT2D eigenvalue weighted by molar-refractivity contribution is -0.732. The summed E-state index contributed by atoms with van der Waals surface area (Å²) < 4.78 is 7.33. The van der Waals surface area contributed by atoms with Crippen molar-refractivity contribution in [1.29, 1.82) is 0 Å². The number of nitrogens with two attached hydrogens (primary N) is 1. The molecule has 1 aromatic rings. The van der Waals surface area contributed by atoms with Gasteiger partial charge in [0.2, 0.25) is 0 Å². The highest BCUT2D eigenvalue weighted by Gasteiger charge is 2.06. The fraction of sp³-hybridized carbons (Fsp3) is 0.538. The van der Waals surface area contributed by atoms with Gasteiger partial charge in [-0.05, 0) is 12.5 Å². The summed E-state index contributed by atoms with van der Waals surface area (Å²) >= 11 is 0. The fourth-order valence-corrected chi connectivity index (χ4v) is 1.55. The topological polar surface area (TPSA) is 56.2 Å². The zero-order valence-corrected chi connectivity index (χ0v) is 10.4. The molecule has 1 rings (SSSR count). The quantitative estimate of drug-likeness (QED) is 0.552. The molecule has 1 amide bonds. The molecule has 94 valence electrons. The summed E-state index contributed by atoms with van der Waals surface area (Å²) in [5.74, 6) is -0.415. The number of carbonyl (C=O) groups excluding carboxylic acids is 1. The summed E-state index contributed by atoms with van der Waals surface area (Å²) in [5, 5.41) is 0. The Balaban J connectivity index is 2.27. The number of hydrogen-bond donors (Lipinski definition) is 1. The average Bonchev–Trinajstić information content (AvgIpc) is 2.34. The van der Waals surface area contributed by atoms with Gasteiger partial charge in [-0.1, -0.05) is 26.2 Å². The highest BCUT2D eigenvalue weighted by molar-refractivity contribution is 5.92. The van der Waals surface area contributed by atoms with Crippen LogP contribution in [0.2, 0.25) is 0 Å². The smallest absolute Gasteiger partial charge is 0.254 e. The minimum atomic E-state index is -0.415. The first-order valence-electron chi connectivity index (χ1n) is 6.10. The fourth-order valence-electron chi connectivity index (χ4n) is 1.55. The lowest BCUT2D eigenvalue weighted by Crippen LogP contribution is -2.36. The van der Waals surface area contributed by atoms with Crippen molar-refractivity contribution in [2.75, 3.05) is 6.61 Å². The van der Waals surface area contributed by atoms with Gasteiger partial charge in [-0.25, -0.2) is 0 Å². The summed E-state index contributed by atoms with van der Waals surface area (Å²) in [6, 6.07) is 3.49. The molecule has 0 aliphatic heterocycles. The summed E-state index contributed by atoms with van der Waals surface area (Å²) in [7, 11) is 0. The first-order chi connectivity index (χ1) is 8.24. The monoisotopic (exact) mass is 237 g/mol. The van der Waals surface area contributed by atoms with Crippen molar-refractivity contribution in [3.05, 3.63) is 30.1 Å². The molecule has 0 unspecified atom stereocenters. The summed E-state index contributed by atoms with van der Waals surface area (Å²) in [6.45, 7) is 3.41. The third kappa shape index (κ3) is 5.45. The van der Waals surface area contributed by atoms with E-state index in [2.05, 4.69) is 6.92 Å². The molecule has 4 nitrogen and oxygen atoms in total. The van der Waals surface area contributed by atoms with E-state index in [1.807, 2.05) is 10.8 Å². The Kier molecular flexibility index (Phi) is 6.25. The van der Waals surface area contributed by atoms with E-state index in [-0.39, 0.29) is 0 Å². The summed E-state index contributed by atoms with van der Waals surface area (Å²) in [4.78, 5) is 11.0. The van der Waals surface area contributed by atoms with Crippen LogP contribution in [0.5, 0.6) is 0 Å². The highest BCUT2D eigenvalue weighted by atomic mass is 16.5. The Labute approximate surface area is 102 Å². The van der Waals surface area contributed by atoms with Crippen LogP contribution in [0.25, 0.3) is 0 Å². The van der Waals surface area contributed by atoms with Crippen molar-refractivity contribution < 1.29 is 14.1 Å². The largest absolute Gasteiger partial charge is 0.365 e. The lowest BCUT2D eigenvalue weighted by Gasteiger charge is -2.01. The van der Waals surface area contributed by atoms with Crippen molar-refractivity contribution in [3.63, 3.8) is 0 Å². The first kappa shape index (κ1) is 13.6. The second-order valence-corrected chi connectivity index (χ2v) is 4.07. The zero-order chi connectivity index (χ0) is 12.5. The predicted octanol–water partition coefficient (Wildman–Crippen LogP) is 1.63. The molecule has 0 radical (unpaired) electrons. The number of hydrogen-bond acceptors (Lipinski definition) is 2. The molecule has 0 saturated carbocycles. The second-order valence-electron chi connectivity index (χ2n) is 4.07. The molecule has 0 aliphatic carbocycles. The van der Waals surface area contributed by atoms with Crippen LogP contribution in [0, 0.1) is 0 Å². The maximum Gasteiger partial charge on any atom is 0.254 e. The van der Waals surface area contributed by atoms with Gasteiger partial charge in [0.15, 0.2) is 12.4 Å². The Bertz CT molecular complexity index is 353. The molecule has 4 heteroatoms. The molecule has 0 spiro atoms. The predicted molar refractivity (Wildman–Crippen MR) is 65.2 cm³/mol. The standard InChI is InChI=1S/C13H20N2O2/c1-2-3-4-5-9-17-11-15-8-6-7-12(10-15)13(14)16/h6-8,10H,2-5,9,11H2,1H3,(H-,14,16)/p+1. The van der Waals surface area contributed by atoms with E-state index in [0.717, 1.165) is 13.0 Å². The minimum absolute atomic E-state index is 0.415. The van der Waals surface area contributed by atoms with Gasteiger partial charge in [-0.3, -0.25) is 4.79 Å². The molecule has 2 N–H and O–H groups in total. The number of ether oxygens (including phenoxy) is 1. The van der Waals surface area contributed by atoms with Gasteiger partial charge >= 0.3 is 0 Å². The van der Waals surface area contributed by atoms with E-state index in [1.54, 1.807) is 18.3 Å². The molecule has 0 atom stereocenters. The number of primary amides is 1. The molecule has 17 heavy (non-hydrogen) atoms. The second kappa shape index (κ2) is 7.79. The van der Waals surface area contributed by atoms with E-state index >= 15 is 0 Å². The highest BCUT2D eigenvalue weighted by Crippen LogP contribution is 1.98. The molecule has 0 saturated heterocycles. The molecule has 0 bridgehead atoms. The van der Waals surface area contributed by atoms with Gasteiger partial charge in [0, 0.05) is 6.07 Å². The van der Waals surface area contributed by atoms with E-state index < -0.39 is 5.91 Å². The van der Waals surface area contributed by atoms with Crippen LogP contribution in [-0.4, -0.2) is 12.5 Å². The minimum Gasteiger partial charge on any atom is -0.365 e. The van der Waals surface area contributed by atoms with Crippen LogP contribution < -0.4 is 10.3 Å². The van der Waals surface area contributed by atoms with E-state index in [4.69, 9.17) is 10.5 Å². The van der Waals surface area contributed by atoms with Gasteiger partial charge in [0.25, 0.3) is 12.6 Å². The van der Waals surface area contributed by atoms with Crippen LogP contribution in [0.4, 0.5) is 0 Å². The maximum absolute atomic E-state index is 11.0. The number of aromatic nitrogens is 1. The number of rotatable bonds is 8. The van der Waals surface area contributed by atoms with Crippen molar-refractivity contribution in [1.82, 2.24) is 0 Å². The maximum atomic E-state index is 11.0. The van der Waals surface area contributed by atoms with Gasteiger partial charge < -0.3 is 10.5 Å². The number of pyridine rings is 1. The SMILES string of the molecule is CCCCCCOC[n+]1cccc(C(N)=O)c1. The van der Waals surface area contributed by atoms with Gasteiger partial charge in [0.1, 0.15) is 5.56 Å². The van der Waals surface area contributed by atoms with Crippen LogP contribution in [0.3, 0.4) is 0 Å². The van der Waals surface area contributed by atoms with Crippen molar-refractivity contribution in [3.8, 4) is 0 Å². The zero-order valence-electron chi connectivity index (χ0n) is 10.4. The Hall–Kier alpha value is -1.42. The molecular formula is C13H21N2O2+. The number of amides is 1. The van der Waals surface area contributed by atoms with Crippen molar-refractivity contribution in [2.24, 2.45) is 5.73 Å². The number of unbranched alkanes of at least 4 members (excludes halogenated alkanes) is 3. The van der Waals surface area contributed by atoms with E-state index in [1.165, 1.54) is 19.3 Å². The lowest BCUT2D eigenvalue weighted by atomic mass is 10.2. The normalized spacial score (nSPS) is 10.4. The molecule has 0 fully saturated rings. The molecule has 0 aromatic carbocycles. The van der Waals surface area contributed by atoms with E-state index in [0.29, 0.717) is 12.3 Å².